The molecule has 0 aliphatic carbocycles. The first-order valence-corrected chi connectivity index (χ1v) is 25.9. The maximum Gasteiger partial charge on any atom is 0.333 e. The van der Waals surface area contributed by atoms with E-state index in [4.69, 9.17) is 8.83 Å². The summed E-state index contributed by atoms with van der Waals surface area (Å²) in [6.45, 7) is -0.241. The van der Waals surface area contributed by atoms with Crippen LogP contribution in [0.1, 0.15) is 0 Å². The van der Waals surface area contributed by atoms with Gasteiger partial charge in [0.05, 0.1) is 5.39 Å². The lowest BCUT2D eigenvalue weighted by molar-refractivity contribution is 0.670. The van der Waals surface area contributed by atoms with E-state index < -0.39 is 0 Å². The molecule has 0 bridgehead atoms. The fourth-order valence-electron chi connectivity index (χ4n) is 13.7. The minimum atomic E-state index is -0.241. The van der Waals surface area contributed by atoms with Crippen LogP contribution in [0.15, 0.2) is 245 Å². The molecule has 0 N–H and O–H groups in total. The minimum absolute atomic E-state index is 0.241. The Morgan fingerprint density at radius 3 is 1.48 bits per heavy atom. The Morgan fingerprint density at radius 2 is 0.853 bits per heavy atom. The van der Waals surface area contributed by atoms with Gasteiger partial charge < -0.3 is 18.2 Å². The van der Waals surface area contributed by atoms with Crippen molar-refractivity contribution in [1.29, 1.82) is 0 Å². The number of para-hydroxylation sites is 3. The highest BCUT2D eigenvalue weighted by Crippen LogP contribution is 2.53. The SMILES string of the molecule is c1ccc(-c2cc(-c3ccccc3)cc(N3c4cc5cc6c7ccccc7c7ccccc7c6cc5cc4B4c5c3cc3c(oc6ccccc63)c5-c3cc5c6ccccc6oc5c5c6ccccc6n4c35)c2)cc1. The maximum atomic E-state index is 7.25. The summed E-state index contributed by atoms with van der Waals surface area (Å²) in [5.74, 6) is 0. The van der Waals surface area contributed by atoms with Crippen molar-refractivity contribution in [2.24, 2.45) is 0 Å². The predicted molar refractivity (Wildman–Crippen MR) is 315 cm³/mol. The van der Waals surface area contributed by atoms with Crippen molar-refractivity contribution in [1.82, 2.24) is 4.48 Å². The fourth-order valence-corrected chi connectivity index (χ4v) is 13.7. The minimum Gasteiger partial charge on any atom is -0.455 e. The van der Waals surface area contributed by atoms with Gasteiger partial charge in [0.15, 0.2) is 0 Å². The van der Waals surface area contributed by atoms with Gasteiger partial charge in [-0.05, 0) is 143 Å². The normalized spacial score (nSPS) is 13.0. The predicted octanol–water partition coefficient (Wildman–Crippen LogP) is 18.0. The molecule has 0 spiro atoms. The van der Waals surface area contributed by atoms with Crippen molar-refractivity contribution in [2.75, 3.05) is 4.90 Å². The highest BCUT2D eigenvalue weighted by Gasteiger charge is 2.45. The highest BCUT2D eigenvalue weighted by molar-refractivity contribution is 6.90. The summed E-state index contributed by atoms with van der Waals surface area (Å²) in [7, 11) is 0. The second-order valence-corrected chi connectivity index (χ2v) is 20.7. The number of nitrogens with zero attached hydrogens (tertiary/aromatic N) is 2. The molecule has 0 saturated heterocycles. The lowest BCUT2D eigenvalue weighted by Gasteiger charge is -2.41. The molecular formula is C70H39BN2O2. The fraction of sp³-hybridized carbons (Fsp3) is 0. The van der Waals surface area contributed by atoms with E-state index in [1.165, 1.54) is 76.0 Å². The number of hydrogen-bond acceptors (Lipinski definition) is 3. The van der Waals surface area contributed by atoms with E-state index in [2.05, 4.69) is 246 Å². The van der Waals surface area contributed by atoms with Gasteiger partial charge in [0.2, 0.25) is 0 Å². The second kappa shape index (κ2) is 14.4. The van der Waals surface area contributed by atoms with E-state index >= 15 is 0 Å². The molecule has 0 atom stereocenters. The molecule has 0 saturated carbocycles. The molecule has 5 heterocycles. The van der Waals surface area contributed by atoms with E-state index in [9.17, 15) is 0 Å². The summed E-state index contributed by atoms with van der Waals surface area (Å²) < 4.78 is 16.9. The Labute approximate surface area is 429 Å². The van der Waals surface area contributed by atoms with Crippen LogP contribution in [0.25, 0.3) is 142 Å². The molecule has 0 fully saturated rings. The Bertz CT molecular complexity index is 5140. The number of furan rings is 2. The van der Waals surface area contributed by atoms with Gasteiger partial charge in [0, 0.05) is 66.2 Å². The molecule has 4 nitrogen and oxygen atoms in total. The zero-order chi connectivity index (χ0) is 48.6. The summed E-state index contributed by atoms with van der Waals surface area (Å²) in [4.78, 5) is 2.59. The van der Waals surface area contributed by atoms with E-state index in [1.54, 1.807) is 0 Å². The molecule has 0 amide bonds. The van der Waals surface area contributed by atoms with Crippen molar-refractivity contribution in [2.45, 2.75) is 0 Å². The molecule has 0 unspecified atom stereocenters. The van der Waals surface area contributed by atoms with Gasteiger partial charge >= 0.3 is 6.85 Å². The van der Waals surface area contributed by atoms with Gasteiger partial charge in [0.25, 0.3) is 0 Å². The smallest absolute Gasteiger partial charge is 0.333 e. The van der Waals surface area contributed by atoms with Crippen molar-refractivity contribution in [3.8, 4) is 33.4 Å². The van der Waals surface area contributed by atoms with Crippen LogP contribution in [-0.2, 0) is 0 Å². The van der Waals surface area contributed by atoms with Crippen molar-refractivity contribution < 1.29 is 8.83 Å². The third-order valence-corrected chi connectivity index (χ3v) is 16.8. The summed E-state index contributed by atoms with van der Waals surface area (Å²) in [5, 5.41) is 16.7. The van der Waals surface area contributed by atoms with E-state index in [0.29, 0.717) is 0 Å². The lowest BCUT2D eigenvalue weighted by Crippen LogP contribution is -2.56. The highest BCUT2D eigenvalue weighted by atomic mass is 16.3. The molecule has 344 valence electrons. The van der Waals surface area contributed by atoms with E-state index in [0.717, 1.165) is 94.1 Å². The first kappa shape index (κ1) is 39.7. The van der Waals surface area contributed by atoms with E-state index in [1.807, 2.05) is 0 Å². The van der Waals surface area contributed by atoms with Crippen LogP contribution < -0.4 is 15.8 Å². The summed E-state index contributed by atoms with van der Waals surface area (Å²) >= 11 is 0. The van der Waals surface area contributed by atoms with Gasteiger partial charge in [-0.25, -0.2) is 0 Å². The third kappa shape index (κ3) is 5.26. The zero-order valence-electron chi connectivity index (χ0n) is 40.3. The zero-order valence-corrected chi connectivity index (χ0v) is 40.3. The van der Waals surface area contributed by atoms with Crippen LogP contribution in [0, 0.1) is 0 Å². The number of rotatable bonds is 3. The van der Waals surface area contributed by atoms with Gasteiger partial charge in [-0.2, -0.15) is 0 Å². The molecule has 2 aliphatic heterocycles. The first-order valence-electron chi connectivity index (χ1n) is 25.9. The molecule has 5 heteroatoms. The second-order valence-electron chi connectivity index (χ2n) is 20.7. The quantitative estimate of drug-likeness (QED) is 0.101. The topological polar surface area (TPSA) is 34.5 Å². The van der Waals surface area contributed by atoms with Gasteiger partial charge in [0.1, 0.15) is 22.3 Å². The largest absolute Gasteiger partial charge is 0.455 e. The Kier molecular flexibility index (Phi) is 7.65. The standard InChI is InChI=1S/C70H39BN2O2/c1-3-17-40(18-4-1)42-31-43(41-19-5-2-6-20-41)33-46(32-42)72-61-37-45-35-55-50-24-10-8-22-48(50)47-21-7-9-23-49(47)54(55)34-44(45)36-59(61)71-67-62(72)39-57-52-26-13-16-30-64(52)74-69(57)65(67)58-38-56-51-25-12-15-29-63(51)75-70(56)66-53-27-11-14-28-60(53)73(71)68(58)66/h1-39H. The van der Waals surface area contributed by atoms with Crippen LogP contribution in [0.2, 0.25) is 0 Å². The lowest BCUT2D eigenvalue weighted by atomic mass is 9.44. The average Bonchev–Trinajstić information content (AvgIpc) is 4.29. The Hall–Kier alpha value is -9.84. The van der Waals surface area contributed by atoms with Crippen LogP contribution >= 0.6 is 0 Å². The number of aromatic nitrogens is 1. The summed E-state index contributed by atoms with van der Waals surface area (Å²) in [6.07, 6.45) is 0. The summed E-state index contributed by atoms with van der Waals surface area (Å²) in [6, 6.07) is 87.5. The first-order chi connectivity index (χ1) is 37.2. The Morgan fingerprint density at radius 1 is 0.347 bits per heavy atom. The van der Waals surface area contributed by atoms with Crippen molar-refractivity contribution in [3.63, 3.8) is 0 Å². The molecule has 18 rings (SSSR count). The van der Waals surface area contributed by atoms with Gasteiger partial charge in [-0.15, -0.1) is 0 Å². The molecule has 75 heavy (non-hydrogen) atoms. The summed E-state index contributed by atoms with van der Waals surface area (Å²) in [5.41, 5.74) is 18.6. The number of benzene rings is 13. The van der Waals surface area contributed by atoms with Gasteiger partial charge in [-0.1, -0.05) is 170 Å². The van der Waals surface area contributed by atoms with Crippen LogP contribution in [-0.4, -0.2) is 11.3 Å². The maximum absolute atomic E-state index is 7.25. The molecule has 16 aromatic rings. The number of hydrogen-bond donors (Lipinski definition) is 0. The van der Waals surface area contributed by atoms with Crippen molar-refractivity contribution in [3.05, 3.63) is 237 Å². The number of anilines is 3. The molecule has 13 aromatic carbocycles. The van der Waals surface area contributed by atoms with Crippen LogP contribution in [0.3, 0.4) is 0 Å². The third-order valence-electron chi connectivity index (χ3n) is 16.8. The number of fused-ring (bicyclic) bond motifs is 22. The average molecular weight is 951 g/mol. The van der Waals surface area contributed by atoms with E-state index in [-0.39, 0.29) is 6.85 Å². The van der Waals surface area contributed by atoms with Crippen molar-refractivity contribution >= 4 is 144 Å². The molecular weight excluding hydrogens is 912 g/mol. The molecule has 2 aliphatic rings. The van der Waals surface area contributed by atoms with Crippen LogP contribution in [0.5, 0.6) is 0 Å². The van der Waals surface area contributed by atoms with Gasteiger partial charge in [-0.3, -0.25) is 0 Å². The Balaban J connectivity index is 1.05. The molecule has 0 radical (unpaired) electrons. The molecule has 3 aromatic heterocycles. The van der Waals surface area contributed by atoms with Crippen LogP contribution in [0.4, 0.5) is 17.1 Å². The monoisotopic (exact) mass is 950 g/mol.